The zero-order chi connectivity index (χ0) is 13.0. The molecule has 1 aromatic rings. The van der Waals surface area contributed by atoms with Crippen LogP contribution >= 0.6 is 12.4 Å². The minimum atomic E-state index is 0. The molecule has 0 aliphatic carbocycles. The van der Waals surface area contributed by atoms with Gasteiger partial charge in [0.15, 0.2) is 0 Å². The second-order valence-electron chi connectivity index (χ2n) is 4.87. The van der Waals surface area contributed by atoms with Gasteiger partial charge in [-0.3, -0.25) is 4.79 Å². The number of benzene rings is 1. The third kappa shape index (κ3) is 4.11. The maximum atomic E-state index is 11.9. The summed E-state index contributed by atoms with van der Waals surface area (Å²) in [6.45, 7) is 3.28. The fourth-order valence-corrected chi connectivity index (χ4v) is 2.00. The number of halogens is 1. The van der Waals surface area contributed by atoms with Crippen molar-refractivity contribution in [1.29, 1.82) is 0 Å². The number of nitrogens with zero attached hydrogens (tertiary/aromatic N) is 2. The lowest BCUT2D eigenvalue weighted by Crippen LogP contribution is -2.52. The highest BCUT2D eigenvalue weighted by Gasteiger charge is 2.27. The van der Waals surface area contributed by atoms with Gasteiger partial charge in [0.1, 0.15) is 0 Å². The van der Waals surface area contributed by atoms with E-state index in [1.54, 1.807) is 0 Å². The number of rotatable bonds is 5. The molecule has 1 amide bonds. The predicted molar refractivity (Wildman–Crippen MR) is 81.0 cm³/mol. The molecule has 1 N–H and O–H groups in total. The molecule has 0 aromatic heterocycles. The summed E-state index contributed by atoms with van der Waals surface area (Å²) in [4.78, 5) is 15.9. The lowest BCUT2D eigenvalue weighted by molar-refractivity contribution is -0.135. The molecule has 2 rings (SSSR count). The lowest BCUT2D eigenvalue weighted by atomic mass is 10.0. The SMILES string of the molecule is CN(CCN(C)c1ccccc1)C(=O)C1CNC1.Cl. The van der Waals surface area contributed by atoms with Gasteiger partial charge in [0.2, 0.25) is 5.91 Å². The Morgan fingerprint density at radius 2 is 1.84 bits per heavy atom. The first kappa shape index (κ1) is 15.8. The molecule has 19 heavy (non-hydrogen) atoms. The summed E-state index contributed by atoms with van der Waals surface area (Å²) in [5.74, 6) is 0.451. The number of para-hydroxylation sites is 1. The number of nitrogens with one attached hydrogen (secondary N) is 1. The molecular weight excluding hydrogens is 262 g/mol. The van der Waals surface area contributed by atoms with Gasteiger partial charge in [-0.1, -0.05) is 18.2 Å². The Morgan fingerprint density at radius 3 is 2.37 bits per heavy atom. The second-order valence-corrected chi connectivity index (χ2v) is 4.87. The first-order valence-electron chi connectivity index (χ1n) is 6.40. The Bertz CT molecular complexity index is 395. The topological polar surface area (TPSA) is 35.6 Å². The van der Waals surface area contributed by atoms with Gasteiger partial charge in [-0.2, -0.15) is 0 Å². The normalized spacial score (nSPS) is 14.2. The van der Waals surface area contributed by atoms with Crippen LogP contribution in [0, 0.1) is 5.92 Å². The predicted octanol–water partition coefficient (Wildman–Crippen LogP) is 1.22. The highest BCUT2D eigenvalue weighted by atomic mass is 35.5. The van der Waals surface area contributed by atoms with E-state index >= 15 is 0 Å². The Hall–Kier alpha value is -1.26. The van der Waals surface area contributed by atoms with Gasteiger partial charge in [-0.15, -0.1) is 12.4 Å². The van der Waals surface area contributed by atoms with E-state index in [0.717, 1.165) is 26.2 Å². The quantitative estimate of drug-likeness (QED) is 0.883. The molecule has 5 heteroatoms. The summed E-state index contributed by atoms with van der Waals surface area (Å²) in [5.41, 5.74) is 1.18. The van der Waals surface area contributed by atoms with Crippen molar-refractivity contribution in [2.45, 2.75) is 0 Å². The summed E-state index contributed by atoms with van der Waals surface area (Å²) in [6, 6.07) is 10.2. The highest BCUT2D eigenvalue weighted by molar-refractivity contribution is 5.85. The van der Waals surface area contributed by atoms with E-state index < -0.39 is 0 Å². The number of anilines is 1. The van der Waals surface area contributed by atoms with Crippen LogP contribution in [0.15, 0.2) is 30.3 Å². The average Bonchev–Trinajstić information content (AvgIpc) is 2.34. The third-order valence-corrected chi connectivity index (χ3v) is 3.47. The molecule has 4 nitrogen and oxygen atoms in total. The lowest BCUT2D eigenvalue weighted by Gasteiger charge is -2.31. The highest BCUT2D eigenvalue weighted by Crippen LogP contribution is 2.11. The summed E-state index contributed by atoms with van der Waals surface area (Å²) >= 11 is 0. The fourth-order valence-electron chi connectivity index (χ4n) is 2.00. The molecule has 106 valence electrons. The maximum Gasteiger partial charge on any atom is 0.228 e. The molecule has 1 saturated heterocycles. The Balaban J connectivity index is 0.00000180. The molecule has 1 fully saturated rings. The molecule has 1 aliphatic rings. The van der Waals surface area contributed by atoms with Crippen LogP contribution in [0.25, 0.3) is 0 Å². The molecule has 0 bridgehead atoms. The van der Waals surface area contributed by atoms with Crippen LogP contribution in [0.4, 0.5) is 5.69 Å². The Labute approximate surface area is 121 Å². The van der Waals surface area contributed by atoms with Gasteiger partial charge in [0.25, 0.3) is 0 Å². The summed E-state index contributed by atoms with van der Waals surface area (Å²) in [5, 5.41) is 3.13. The number of carbonyl (C=O) groups is 1. The molecule has 0 atom stereocenters. The standard InChI is InChI=1S/C14H21N3O.ClH/c1-16(13-6-4-3-5-7-13)8-9-17(2)14(18)12-10-15-11-12;/h3-7,12,15H,8-11H2,1-2H3;1H. The van der Waals surface area contributed by atoms with E-state index in [0.29, 0.717) is 0 Å². The Kier molecular flexibility index (Phi) is 6.12. The van der Waals surface area contributed by atoms with Crippen LogP contribution in [0.3, 0.4) is 0 Å². The molecule has 0 spiro atoms. The molecular formula is C14H22ClN3O. The molecule has 1 aliphatic heterocycles. The van der Waals surface area contributed by atoms with Gasteiger partial charge in [-0.05, 0) is 12.1 Å². The largest absolute Gasteiger partial charge is 0.373 e. The van der Waals surface area contributed by atoms with E-state index in [1.807, 2.05) is 30.1 Å². The van der Waals surface area contributed by atoms with Crippen molar-refractivity contribution in [3.8, 4) is 0 Å². The number of carbonyl (C=O) groups excluding carboxylic acids is 1. The zero-order valence-corrected chi connectivity index (χ0v) is 12.3. The van der Waals surface area contributed by atoms with Gasteiger partial charge < -0.3 is 15.1 Å². The monoisotopic (exact) mass is 283 g/mol. The van der Waals surface area contributed by atoms with Crippen molar-refractivity contribution >= 4 is 24.0 Å². The first-order valence-corrected chi connectivity index (χ1v) is 6.40. The van der Waals surface area contributed by atoms with E-state index in [2.05, 4.69) is 29.4 Å². The minimum Gasteiger partial charge on any atom is -0.373 e. The van der Waals surface area contributed by atoms with Crippen LogP contribution < -0.4 is 10.2 Å². The molecule has 0 radical (unpaired) electrons. The summed E-state index contributed by atoms with van der Waals surface area (Å²) < 4.78 is 0. The van der Waals surface area contributed by atoms with Crippen molar-refractivity contribution in [3.63, 3.8) is 0 Å². The number of amides is 1. The van der Waals surface area contributed by atoms with Crippen LogP contribution in [0.2, 0.25) is 0 Å². The molecule has 1 heterocycles. The van der Waals surface area contributed by atoms with E-state index in [1.165, 1.54) is 5.69 Å². The molecule has 0 unspecified atom stereocenters. The summed E-state index contributed by atoms with van der Waals surface area (Å²) in [7, 11) is 3.94. The molecule has 1 aromatic carbocycles. The maximum absolute atomic E-state index is 11.9. The minimum absolute atomic E-state index is 0. The number of likely N-dealkylation sites (N-methyl/N-ethyl adjacent to an activating group) is 2. The van der Waals surface area contributed by atoms with Crippen LogP contribution in [0.1, 0.15) is 0 Å². The van der Waals surface area contributed by atoms with Crippen LogP contribution in [-0.2, 0) is 4.79 Å². The average molecular weight is 284 g/mol. The van der Waals surface area contributed by atoms with E-state index in [4.69, 9.17) is 0 Å². The van der Waals surface area contributed by atoms with Crippen LogP contribution in [-0.4, -0.2) is 51.1 Å². The van der Waals surface area contributed by atoms with Gasteiger partial charge in [-0.25, -0.2) is 0 Å². The van der Waals surface area contributed by atoms with Crippen LogP contribution in [0.5, 0.6) is 0 Å². The summed E-state index contributed by atoms with van der Waals surface area (Å²) in [6.07, 6.45) is 0. The van der Waals surface area contributed by atoms with Crippen molar-refractivity contribution in [3.05, 3.63) is 30.3 Å². The second kappa shape index (κ2) is 7.36. The number of hydrogen-bond donors (Lipinski definition) is 1. The van der Waals surface area contributed by atoms with Gasteiger partial charge >= 0.3 is 0 Å². The van der Waals surface area contributed by atoms with Crippen molar-refractivity contribution in [2.24, 2.45) is 5.92 Å². The zero-order valence-electron chi connectivity index (χ0n) is 11.5. The number of hydrogen-bond acceptors (Lipinski definition) is 3. The van der Waals surface area contributed by atoms with E-state index in [-0.39, 0.29) is 24.2 Å². The van der Waals surface area contributed by atoms with Crippen molar-refractivity contribution in [2.75, 3.05) is 45.2 Å². The van der Waals surface area contributed by atoms with Gasteiger partial charge in [0.05, 0.1) is 5.92 Å². The first-order chi connectivity index (χ1) is 8.68. The smallest absolute Gasteiger partial charge is 0.228 e. The van der Waals surface area contributed by atoms with Crippen molar-refractivity contribution < 1.29 is 4.79 Å². The van der Waals surface area contributed by atoms with Crippen molar-refractivity contribution in [1.82, 2.24) is 10.2 Å². The van der Waals surface area contributed by atoms with E-state index in [9.17, 15) is 4.79 Å². The van der Waals surface area contributed by atoms with Gasteiger partial charge in [0, 0.05) is 46.0 Å². The third-order valence-electron chi connectivity index (χ3n) is 3.47. The fraction of sp³-hybridized carbons (Fsp3) is 0.500. The Morgan fingerprint density at radius 1 is 1.21 bits per heavy atom. The molecule has 0 saturated carbocycles.